The van der Waals surface area contributed by atoms with Gasteiger partial charge in [0.15, 0.2) is 17.1 Å². The van der Waals surface area contributed by atoms with Crippen molar-refractivity contribution in [1.29, 1.82) is 0 Å². The first-order valence-electron chi connectivity index (χ1n) is 7.75. The lowest BCUT2D eigenvalue weighted by Gasteiger charge is -2.42. The van der Waals surface area contributed by atoms with Crippen molar-refractivity contribution in [1.82, 2.24) is 0 Å². The van der Waals surface area contributed by atoms with E-state index >= 15 is 0 Å². The van der Waals surface area contributed by atoms with Crippen LogP contribution in [0.15, 0.2) is 12.1 Å². The van der Waals surface area contributed by atoms with Crippen molar-refractivity contribution in [2.75, 3.05) is 18.6 Å². The monoisotopic (exact) mass is 305 g/mol. The molecule has 0 spiro atoms. The molecular formula is C17H23NO4. The lowest BCUT2D eigenvalue weighted by atomic mass is 9.92. The number of carbonyl (C=O) groups is 2. The van der Waals surface area contributed by atoms with E-state index in [1.807, 2.05) is 20.8 Å². The highest BCUT2D eigenvalue weighted by molar-refractivity contribution is 6.04. The largest absolute Gasteiger partial charge is 0.493 e. The van der Waals surface area contributed by atoms with E-state index < -0.39 is 5.60 Å². The molecule has 0 atom stereocenters. The Morgan fingerprint density at radius 2 is 1.95 bits per heavy atom. The molecule has 1 heterocycles. The maximum absolute atomic E-state index is 12.9. The summed E-state index contributed by atoms with van der Waals surface area (Å²) in [6.07, 6.45) is 2.74. The molecule has 1 aromatic carbocycles. The lowest BCUT2D eigenvalue weighted by molar-refractivity contribution is -0.136. The second kappa shape index (κ2) is 6.38. The van der Waals surface area contributed by atoms with Gasteiger partial charge in [0.25, 0.3) is 5.91 Å². The number of aldehydes is 1. The zero-order chi connectivity index (χ0) is 16.3. The van der Waals surface area contributed by atoms with E-state index in [0.717, 1.165) is 12.7 Å². The van der Waals surface area contributed by atoms with E-state index in [-0.39, 0.29) is 5.91 Å². The van der Waals surface area contributed by atoms with E-state index in [1.54, 1.807) is 17.0 Å². The van der Waals surface area contributed by atoms with Crippen molar-refractivity contribution in [3.05, 3.63) is 17.7 Å². The number of benzene rings is 1. The van der Waals surface area contributed by atoms with E-state index in [2.05, 4.69) is 0 Å². The Balaban J connectivity index is 2.67. The van der Waals surface area contributed by atoms with Gasteiger partial charge in [-0.25, -0.2) is 0 Å². The number of methoxy groups -OCH3 is 1. The third kappa shape index (κ3) is 2.45. The molecule has 1 aromatic rings. The number of fused-ring (bicyclic) bond motifs is 1. The summed E-state index contributed by atoms with van der Waals surface area (Å²) < 4.78 is 11.5. The van der Waals surface area contributed by atoms with Crippen LogP contribution in [-0.4, -0.2) is 31.4 Å². The number of hydrogen-bond acceptors (Lipinski definition) is 4. The Labute approximate surface area is 131 Å². The second-order valence-corrected chi connectivity index (χ2v) is 5.45. The molecule has 0 bridgehead atoms. The summed E-state index contributed by atoms with van der Waals surface area (Å²) in [5.41, 5.74) is 0.220. The lowest BCUT2D eigenvalue weighted by Crippen LogP contribution is -2.55. The normalized spacial score (nSPS) is 16.0. The second-order valence-electron chi connectivity index (χ2n) is 5.45. The number of hydrogen-bond donors (Lipinski definition) is 0. The van der Waals surface area contributed by atoms with E-state index in [9.17, 15) is 9.59 Å². The van der Waals surface area contributed by atoms with Gasteiger partial charge in [-0.3, -0.25) is 9.59 Å². The third-order valence-corrected chi connectivity index (χ3v) is 4.23. The number of rotatable bonds is 6. The topological polar surface area (TPSA) is 55.8 Å². The minimum Gasteiger partial charge on any atom is -0.493 e. The van der Waals surface area contributed by atoms with E-state index in [0.29, 0.717) is 42.1 Å². The Kier molecular flexibility index (Phi) is 4.74. The molecule has 0 aliphatic carbocycles. The van der Waals surface area contributed by atoms with E-state index in [1.165, 1.54) is 7.11 Å². The molecule has 0 aromatic heterocycles. The van der Waals surface area contributed by atoms with Crippen LogP contribution in [-0.2, 0) is 4.79 Å². The van der Waals surface area contributed by atoms with Crippen LogP contribution in [0.5, 0.6) is 11.5 Å². The van der Waals surface area contributed by atoms with Crippen LogP contribution in [0.3, 0.4) is 0 Å². The first-order chi connectivity index (χ1) is 10.6. The highest BCUT2D eigenvalue weighted by atomic mass is 16.5. The van der Waals surface area contributed by atoms with Crippen molar-refractivity contribution in [2.45, 2.75) is 45.6 Å². The van der Waals surface area contributed by atoms with Gasteiger partial charge in [0, 0.05) is 12.1 Å². The van der Waals surface area contributed by atoms with Gasteiger partial charge in [0.05, 0.1) is 12.8 Å². The van der Waals surface area contributed by atoms with Crippen molar-refractivity contribution in [2.24, 2.45) is 0 Å². The van der Waals surface area contributed by atoms with Gasteiger partial charge in [-0.05, 0) is 31.4 Å². The molecule has 1 aliphatic heterocycles. The van der Waals surface area contributed by atoms with Gasteiger partial charge >= 0.3 is 0 Å². The Morgan fingerprint density at radius 3 is 2.45 bits per heavy atom. The first-order valence-corrected chi connectivity index (χ1v) is 7.75. The molecule has 1 amide bonds. The van der Waals surface area contributed by atoms with Crippen molar-refractivity contribution in [3.63, 3.8) is 0 Å². The van der Waals surface area contributed by atoms with Gasteiger partial charge in [-0.2, -0.15) is 0 Å². The molecule has 22 heavy (non-hydrogen) atoms. The summed E-state index contributed by atoms with van der Waals surface area (Å²) in [5.74, 6) is 0.987. The fraction of sp³-hybridized carbons (Fsp3) is 0.529. The molecule has 0 fully saturated rings. The van der Waals surface area contributed by atoms with Crippen molar-refractivity contribution < 1.29 is 19.1 Å². The highest BCUT2D eigenvalue weighted by Gasteiger charge is 2.46. The van der Waals surface area contributed by atoms with Gasteiger partial charge < -0.3 is 14.4 Å². The Hall–Kier alpha value is -2.04. The fourth-order valence-electron chi connectivity index (χ4n) is 2.87. The van der Waals surface area contributed by atoms with Crippen LogP contribution < -0.4 is 14.4 Å². The minimum absolute atomic E-state index is 0.0445. The molecule has 120 valence electrons. The maximum Gasteiger partial charge on any atom is 0.271 e. The molecule has 0 radical (unpaired) electrons. The molecular weight excluding hydrogens is 282 g/mol. The Bertz CT molecular complexity index is 578. The third-order valence-electron chi connectivity index (χ3n) is 4.23. The van der Waals surface area contributed by atoms with Crippen LogP contribution in [0.1, 0.15) is 50.4 Å². The zero-order valence-corrected chi connectivity index (χ0v) is 13.6. The summed E-state index contributed by atoms with van der Waals surface area (Å²) in [7, 11) is 1.54. The SMILES string of the molecule is CCCN1C(=O)C(CC)(CC)Oc2c(OC)cc(C=O)cc21. The van der Waals surface area contributed by atoms with Gasteiger partial charge in [-0.1, -0.05) is 20.8 Å². The van der Waals surface area contributed by atoms with Gasteiger partial charge in [0.2, 0.25) is 0 Å². The number of anilines is 1. The van der Waals surface area contributed by atoms with Crippen LogP contribution in [0, 0.1) is 0 Å². The summed E-state index contributed by atoms with van der Waals surface area (Å²) in [6.45, 7) is 6.50. The fourth-order valence-corrected chi connectivity index (χ4v) is 2.87. The Morgan fingerprint density at radius 1 is 1.27 bits per heavy atom. The van der Waals surface area contributed by atoms with Gasteiger partial charge in [-0.15, -0.1) is 0 Å². The van der Waals surface area contributed by atoms with Crippen LogP contribution in [0.25, 0.3) is 0 Å². The molecule has 0 saturated carbocycles. The molecule has 2 rings (SSSR count). The molecule has 0 N–H and O–H groups in total. The maximum atomic E-state index is 12.9. The number of carbonyl (C=O) groups excluding carboxylic acids is 2. The molecule has 5 heteroatoms. The predicted octanol–water partition coefficient (Wildman–Crippen LogP) is 3.20. The van der Waals surface area contributed by atoms with Gasteiger partial charge in [0.1, 0.15) is 6.29 Å². The van der Waals surface area contributed by atoms with Crippen LogP contribution >= 0.6 is 0 Å². The average molecular weight is 305 g/mol. The first kappa shape index (κ1) is 16.3. The van der Waals surface area contributed by atoms with Crippen molar-refractivity contribution >= 4 is 17.9 Å². The summed E-state index contributed by atoms with van der Waals surface area (Å²) in [4.78, 5) is 25.8. The molecule has 0 unspecified atom stereocenters. The van der Waals surface area contributed by atoms with Crippen molar-refractivity contribution in [3.8, 4) is 11.5 Å². The quantitative estimate of drug-likeness (QED) is 0.757. The molecule has 5 nitrogen and oxygen atoms in total. The number of nitrogens with zero attached hydrogens (tertiary/aromatic N) is 1. The van der Waals surface area contributed by atoms with Crippen LogP contribution in [0.2, 0.25) is 0 Å². The van der Waals surface area contributed by atoms with E-state index in [4.69, 9.17) is 9.47 Å². The minimum atomic E-state index is -0.863. The predicted molar refractivity (Wildman–Crippen MR) is 85.0 cm³/mol. The average Bonchev–Trinajstić information content (AvgIpc) is 2.56. The summed E-state index contributed by atoms with van der Waals surface area (Å²) in [5, 5.41) is 0. The summed E-state index contributed by atoms with van der Waals surface area (Å²) >= 11 is 0. The molecule has 1 aliphatic rings. The molecule has 0 saturated heterocycles. The zero-order valence-electron chi connectivity index (χ0n) is 13.6. The highest BCUT2D eigenvalue weighted by Crippen LogP contribution is 2.46. The number of amides is 1. The smallest absolute Gasteiger partial charge is 0.271 e. The standard InChI is InChI=1S/C17H23NO4/c1-5-8-18-13-9-12(11-19)10-14(21-4)15(13)22-17(6-2,7-3)16(18)20/h9-11H,5-8H2,1-4H3. The van der Waals surface area contributed by atoms with Crippen LogP contribution in [0.4, 0.5) is 5.69 Å². The number of ether oxygens (including phenoxy) is 2. The summed E-state index contributed by atoms with van der Waals surface area (Å²) in [6, 6.07) is 3.33.